The van der Waals surface area contributed by atoms with Crippen LogP contribution in [0.1, 0.15) is 98.5 Å². The minimum atomic E-state index is 0.284. The van der Waals surface area contributed by atoms with Crippen molar-refractivity contribution in [2.45, 2.75) is 99.3 Å². The highest BCUT2D eigenvalue weighted by atomic mass is 14.6. The number of para-hydroxylation sites is 1. The number of hydrogen-bond acceptors (Lipinski definition) is 1. The molecule has 0 aromatic heterocycles. The third kappa shape index (κ3) is 7.99. The van der Waals surface area contributed by atoms with E-state index in [1.54, 1.807) is 11.1 Å². The van der Waals surface area contributed by atoms with Crippen LogP contribution < -0.4 is 5.73 Å². The van der Waals surface area contributed by atoms with E-state index >= 15 is 0 Å². The summed E-state index contributed by atoms with van der Waals surface area (Å²) in [5, 5.41) is 0. The van der Waals surface area contributed by atoms with Crippen LogP contribution in [0, 0.1) is 11.3 Å². The zero-order valence-electron chi connectivity index (χ0n) is 23.8. The summed E-state index contributed by atoms with van der Waals surface area (Å²) in [6.45, 7) is 13.9. The standard InChI is InChI=1S/C35H49N/c1-7-26(3)30(8-2)24-28(18-20-32-14-9-10-16-34(32)36)23-29-17-19-31-15-12-22-35(5,6)21-11-13-27(4)33(31)25-29/h8-10,12-14,16,22,24-26H,7,11,15,17-21,23,36H2,1-6H3/b22-12-,27-13-,28-24-,30-8+. The van der Waals surface area contributed by atoms with Gasteiger partial charge in [0.1, 0.15) is 0 Å². The molecule has 0 radical (unpaired) electrons. The number of benzene rings is 1. The third-order valence-electron chi connectivity index (χ3n) is 8.18. The molecule has 2 aliphatic carbocycles. The van der Waals surface area contributed by atoms with Crippen molar-refractivity contribution in [2.75, 3.05) is 5.73 Å². The Morgan fingerprint density at radius 2 is 1.94 bits per heavy atom. The summed E-state index contributed by atoms with van der Waals surface area (Å²) in [7, 11) is 0. The molecule has 194 valence electrons. The average molecular weight is 484 g/mol. The first-order valence-electron chi connectivity index (χ1n) is 14.2. The van der Waals surface area contributed by atoms with Crippen LogP contribution in [0.3, 0.4) is 0 Å². The molecular weight excluding hydrogens is 434 g/mol. The van der Waals surface area contributed by atoms with Crippen molar-refractivity contribution in [1.82, 2.24) is 0 Å². The molecule has 2 aliphatic rings. The summed E-state index contributed by atoms with van der Waals surface area (Å²) in [5.74, 6) is 0.584. The largest absolute Gasteiger partial charge is 0.399 e. The molecule has 0 heterocycles. The fraction of sp³-hybridized carbons (Fsp3) is 0.486. The van der Waals surface area contributed by atoms with Gasteiger partial charge in [0.15, 0.2) is 0 Å². The van der Waals surface area contributed by atoms with Crippen molar-refractivity contribution in [3.05, 3.63) is 99.7 Å². The van der Waals surface area contributed by atoms with Crippen LogP contribution in [0.2, 0.25) is 0 Å². The Balaban J connectivity index is 1.89. The van der Waals surface area contributed by atoms with Gasteiger partial charge in [0.25, 0.3) is 0 Å². The quantitative estimate of drug-likeness (QED) is 0.222. The van der Waals surface area contributed by atoms with E-state index < -0.39 is 0 Å². The maximum atomic E-state index is 6.28. The van der Waals surface area contributed by atoms with E-state index in [-0.39, 0.29) is 5.41 Å². The Labute approximate surface area is 221 Å². The minimum Gasteiger partial charge on any atom is -0.399 e. The van der Waals surface area contributed by atoms with E-state index in [9.17, 15) is 0 Å². The van der Waals surface area contributed by atoms with Crippen LogP contribution >= 0.6 is 0 Å². The van der Waals surface area contributed by atoms with Crippen molar-refractivity contribution in [3.63, 3.8) is 0 Å². The number of rotatable bonds is 8. The number of nitrogen functional groups attached to an aromatic ring is 1. The Morgan fingerprint density at radius 1 is 1.17 bits per heavy atom. The molecule has 1 atom stereocenters. The number of aryl methyl sites for hydroxylation is 1. The highest BCUT2D eigenvalue weighted by molar-refractivity contribution is 5.49. The third-order valence-corrected chi connectivity index (χ3v) is 8.18. The molecule has 1 nitrogen and oxygen atoms in total. The van der Waals surface area contributed by atoms with Crippen molar-refractivity contribution in [1.29, 1.82) is 0 Å². The first-order valence-corrected chi connectivity index (χ1v) is 14.2. The normalized spacial score (nSPS) is 22.3. The first kappa shape index (κ1) is 28.0. The summed E-state index contributed by atoms with van der Waals surface area (Å²) in [5.41, 5.74) is 17.9. The fourth-order valence-corrected chi connectivity index (χ4v) is 5.48. The lowest BCUT2D eigenvalue weighted by Crippen LogP contribution is -2.08. The molecule has 3 rings (SSSR count). The molecule has 0 bridgehead atoms. The van der Waals surface area contributed by atoms with E-state index in [1.807, 2.05) is 12.1 Å². The van der Waals surface area contributed by atoms with Gasteiger partial charge in [-0.15, -0.1) is 0 Å². The topological polar surface area (TPSA) is 26.0 Å². The first-order chi connectivity index (χ1) is 17.2. The van der Waals surface area contributed by atoms with Crippen LogP contribution in [-0.2, 0) is 6.42 Å². The highest BCUT2D eigenvalue weighted by Crippen LogP contribution is 2.36. The molecule has 1 unspecified atom stereocenters. The molecule has 36 heavy (non-hydrogen) atoms. The van der Waals surface area contributed by atoms with Gasteiger partial charge >= 0.3 is 0 Å². The van der Waals surface area contributed by atoms with Crippen LogP contribution in [-0.4, -0.2) is 0 Å². The molecule has 1 heteroatoms. The van der Waals surface area contributed by atoms with Gasteiger partial charge in [-0.25, -0.2) is 0 Å². The summed E-state index contributed by atoms with van der Waals surface area (Å²) in [6.07, 6.45) is 24.7. The maximum Gasteiger partial charge on any atom is 0.0346 e. The maximum absolute atomic E-state index is 6.28. The van der Waals surface area contributed by atoms with Crippen molar-refractivity contribution in [3.8, 4) is 0 Å². The molecule has 0 spiro atoms. The van der Waals surface area contributed by atoms with E-state index in [0.29, 0.717) is 5.92 Å². The van der Waals surface area contributed by atoms with Gasteiger partial charge in [0.2, 0.25) is 0 Å². The zero-order chi connectivity index (χ0) is 26.1. The Bertz CT molecular complexity index is 1080. The van der Waals surface area contributed by atoms with E-state index in [0.717, 1.165) is 37.8 Å². The highest BCUT2D eigenvalue weighted by Gasteiger charge is 2.19. The molecule has 0 saturated heterocycles. The number of anilines is 1. The monoisotopic (exact) mass is 483 g/mol. The summed E-state index contributed by atoms with van der Waals surface area (Å²) >= 11 is 0. The summed E-state index contributed by atoms with van der Waals surface area (Å²) in [6, 6.07) is 8.34. The van der Waals surface area contributed by atoms with Crippen LogP contribution in [0.5, 0.6) is 0 Å². The molecule has 0 fully saturated rings. The second-order valence-corrected chi connectivity index (χ2v) is 11.6. The summed E-state index contributed by atoms with van der Waals surface area (Å²) in [4.78, 5) is 0. The molecule has 1 aromatic rings. The number of hydrogen-bond donors (Lipinski definition) is 1. The number of allylic oxidation sites excluding steroid dienone is 12. The predicted octanol–water partition coefficient (Wildman–Crippen LogP) is 10.2. The lowest BCUT2D eigenvalue weighted by Gasteiger charge is -2.25. The smallest absolute Gasteiger partial charge is 0.0346 e. The van der Waals surface area contributed by atoms with Gasteiger partial charge in [-0.05, 0) is 111 Å². The van der Waals surface area contributed by atoms with Gasteiger partial charge < -0.3 is 5.73 Å². The lowest BCUT2D eigenvalue weighted by atomic mass is 9.81. The van der Waals surface area contributed by atoms with Crippen molar-refractivity contribution < 1.29 is 0 Å². The predicted molar refractivity (Wildman–Crippen MR) is 160 cm³/mol. The van der Waals surface area contributed by atoms with Crippen LogP contribution in [0.15, 0.2) is 94.2 Å². The van der Waals surface area contributed by atoms with Crippen molar-refractivity contribution in [2.24, 2.45) is 11.3 Å². The van der Waals surface area contributed by atoms with E-state index in [1.165, 1.54) is 53.5 Å². The number of nitrogens with two attached hydrogens (primary N) is 1. The van der Waals surface area contributed by atoms with Gasteiger partial charge in [0.05, 0.1) is 0 Å². The van der Waals surface area contributed by atoms with Gasteiger partial charge in [-0.1, -0.05) is 99.1 Å². The summed E-state index contributed by atoms with van der Waals surface area (Å²) < 4.78 is 0. The van der Waals surface area contributed by atoms with Gasteiger partial charge in [0, 0.05) is 5.69 Å². The van der Waals surface area contributed by atoms with Gasteiger partial charge in [-0.3, -0.25) is 0 Å². The lowest BCUT2D eigenvalue weighted by molar-refractivity contribution is 0.440. The van der Waals surface area contributed by atoms with Gasteiger partial charge in [-0.2, -0.15) is 0 Å². The second-order valence-electron chi connectivity index (χ2n) is 11.6. The molecular formula is C35H49N. The van der Waals surface area contributed by atoms with Crippen LogP contribution in [0.25, 0.3) is 0 Å². The zero-order valence-corrected chi connectivity index (χ0v) is 23.8. The second kappa shape index (κ2) is 13.1. The van der Waals surface area contributed by atoms with Crippen molar-refractivity contribution >= 4 is 5.69 Å². The Hall–Kier alpha value is -2.54. The fourth-order valence-electron chi connectivity index (χ4n) is 5.48. The van der Waals surface area contributed by atoms with E-state index in [2.05, 4.69) is 90.1 Å². The molecule has 2 N–H and O–H groups in total. The van der Waals surface area contributed by atoms with E-state index in [4.69, 9.17) is 5.73 Å². The molecule has 0 amide bonds. The SMILES string of the molecule is C/C=C(\C=C(\CCc1ccccc1N)CC1=CC2=C(C/C=C\C(C)(C)CC/C=C\2C)CC1)C(C)CC. The molecule has 0 saturated carbocycles. The average Bonchev–Trinajstić information content (AvgIpc) is 2.86. The molecule has 1 aromatic carbocycles. The minimum absolute atomic E-state index is 0.284. The van der Waals surface area contributed by atoms with Crippen LogP contribution in [0.4, 0.5) is 5.69 Å². The Morgan fingerprint density at radius 3 is 2.67 bits per heavy atom. The Kier molecular flexibility index (Phi) is 10.2. The molecule has 0 aliphatic heterocycles.